The van der Waals surface area contributed by atoms with E-state index in [0.717, 1.165) is 50.1 Å². The summed E-state index contributed by atoms with van der Waals surface area (Å²) < 4.78 is 5.34. The minimum atomic E-state index is 0.0342. The highest BCUT2D eigenvalue weighted by molar-refractivity contribution is 5.90. The standard InChI is InChI=1S/C23H31N5O2/c1-24-23(25-17-19-6-3-2-4-7-19)26-18-20-8-5-9-21(16-20)27-22(29)10-11-28-12-14-30-15-13-28/h2-9,16H,10-15,17-18H2,1H3,(H,27,29)(H2,24,25,26). The topological polar surface area (TPSA) is 78.0 Å². The second-order valence-electron chi connectivity index (χ2n) is 7.22. The number of amides is 1. The fraction of sp³-hybridized carbons (Fsp3) is 0.391. The summed E-state index contributed by atoms with van der Waals surface area (Å²) in [6, 6.07) is 18.1. The van der Waals surface area contributed by atoms with Crippen molar-refractivity contribution in [2.45, 2.75) is 19.5 Å². The van der Waals surface area contributed by atoms with Gasteiger partial charge < -0.3 is 20.7 Å². The highest BCUT2D eigenvalue weighted by Crippen LogP contribution is 2.11. The van der Waals surface area contributed by atoms with Crippen molar-refractivity contribution in [3.8, 4) is 0 Å². The van der Waals surface area contributed by atoms with Gasteiger partial charge in [0.05, 0.1) is 13.2 Å². The SMILES string of the molecule is CN=C(NCc1ccccc1)NCc1cccc(NC(=O)CCN2CCOCC2)c1. The summed E-state index contributed by atoms with van der Waals surface area (Å²) in [6.45, 7) is 5.38. The van der Waals surface area contributed by atoms with Gasteiger partial charge in [-0.05, 0) is 23.3 Å². The minimum absolute atomic E-state index is 0.0342. The van der Waals surface area contributed by atoms with Gasteiger partial charge in [-0.3, -0.25) is 14.7 Å². The van der Waals surface area contributed by atoms with Crippen LogP contribution < -0.4 is 16.0 Å². The van der Waals surface area contributed by atoms with E-state index in [1.165, 1.54) is 5.56 Å². The molecule has 0 radical (unpaired) electrons. The van der Waals surface area contributed by atoms with Crippen LogP contribution in [0.4, 0.5) is 5.69 Å². The first-order chi connectivity index (χ1) is 14.7. The van der Waals surface area contributed by atoms with Crippen LogP contribution in [-0.2, 0) is 22.6 Å². The lowest BCUT2D eigenvalue weighted by molar-refractivity contribution is -0.116. The first-order valence-corrected chi connectivity index (χ1v) is 10.4. The summed E-state index contributed by atoms with van der Waals surface area (Å²) in [7, 11) is 1.76. The second kappa shape index (κ2) is 11.9. The third kappa shape index (κ3) is 7.50. The van der Waals surface area contributed by atoms with Crippen LogP contribution in [-0.4, -0.2) is 56.7 Å². The molecule has 0 aromatic heterocycles. The number of carbonyl (C=O) groups excluding carboxylic acids is 1. The van der Waals surface area contributed by atoms with Gasteiger partial charge in [-0.2, -0.15) is 0 Å². The molecule has 0 atom stereocenters. The number of nitrogens with zero attached hydrogens (tertiary/aromatic N) is 2. The van der Waals surface area contributed by atoms with Crippen molar-refractivity contribution < 1.29 is 9.53 Å². The number of ether oxygens (including phenoxy) is 1. The van der Waals surface area contributed by atoms with Gasteiger partial charge in [-0.25, -0.2) is 0 Å². The van der Waals surface area contributed by atoms with Gasteiger partial charge in [0.1, 0.15) is 0 Å². The highest BCUT2D eigenvalue weighted by atomic mass is 16.5. The number of morpholine rings is 1. The number of anilines is 1. The quantitative estimate of drug-likeness (QED) is 0.460. The van der Waals surface area contributed by atoms with Crippen LogP contribution in [0.3, 0.4) is 0 Å². The van der Waals surface area contributed by atoms with Crippen LogP contribution in [0, 0.1) is 0 Å². The van der Waals surface area contributed by atoms with Crippen molar-refractivity contribution in [3.05, 3.63) is 65.7 Å². The normalized spacial score (nSPS) is 14.9. The van der Waals surface area contributed by atoms with E-state index in [1.54, 1.807) is 7.05 Å². The molecule has 3 N–H and O–H groups in total. The monoisotopic (exact) mass is 409 g/mol. The molecule has 1 aliphatic heterocycles. The number of hydrogen-bond donors (Lipinski definition) is 3. The van der Waals surface area contributed by atoms with Crippen molar-refractivity contribution in [1.29, 1.82) is 0 Å². The number of nitrogens with one attached hydrogen (secondary N) is 3. The predicted molar refractivity (Wildman–Crippen MR) is 120 cm³/mol. The average Bonchev–Trinajstić information content (AvgIpc) is 2.79. The van der Waals surface area contributed by atoms with Gasteiger partial charge >= 0.3 is 0 Å². The molecule has 0 saturated carbocycles. The van der Waals surface area contributed by atoms with Crippen LogP contribution >= 0.6 is 0 Å². The molecular formula is C23H31N5O2. The molecule has 7 heteroatoms. The van der Waals surface area contributed by atoms with E-state index in [0.29, 0.717) is 19.5 Å². The zero-order chi connectivity index (χ0) is 21.0. The smallest absolute Gasteiger partial charge is 0.225 e. The molecule has 0 spiro atoms. The maximum Gasteiger partial charge on any atom is 0.225 e. The molecular weight excluding hydrogens is 378 g/mol. The summed E-state index contributed by atoms with van der Waals surface area (Å²) in [4.78, 5) is 18.8. The zero-order valence-corrected chi connectivity index (χ0v) is 17.6. The lowest BCUT2D eigenvalue weighted by Gasteiger charge is -2.26. The molecule has 0 bridgehead atoms. The van der Waals surface area contributed by atoms with Gasteiger partial charge in [0, 0.05) is 51.9 Å². The summed E-state index contributed by atoms with van der Waals surface area (Å²) in [5.41, 5.74) is 3.08. The van der Waals surface area contributed by atoms with Gasteiger partial charge in [0.2, 0.25) is 5.91 Å². The Morgan fingerprint density at radius 1 is 1.00 bits per heavy atom. The molecule has 7 nitrogen and oxygen atoms in total. The first-order valence-electron chi connectivity index (χ1n) is 10.4. The molecule has 1 aliphatic rings. The third-order valence-corrected chi connectivity index (χ3v) is 4.96. The summed E-state index contributed by atoms with van der Waals surface area (Å²) >= 11 is 0. The van der Waals surface area contributed by atoms with Crippen LogP contribution in [0.25, 0.3) is 0 Å². The third-order valence-electron chi connectivity index (χ3n) is 4.96. The number of hydrogen-bond acceptors (Lipinski definition) is 4. The zero-order valence-electron chi connectivity index (χ0n) is 17.6. The maximum absolute atomic E-state index is 12.3. The predicted octanol–water partition coefficient (Wildman–Crippen LogP) is 2.21. The largest absolute Gasteiger partial charge is 0.379 e. The molecule has 2 aromatic rings. The molecule has 2 aromatic carbocycles. The molecule has 1 amide bonds. The van der Waals surface area contributed by atoms with E-state index >= 15 is 0 Å². The summed E-state index contributed by atoms with van der Waals surface area (Å²) in [5, 5.41) is 9.62. The van der Waals surface area contributed by atoms with Crippen LogP contribution in [0.15, 0.2) is 59.6 Å². The Morgan fingerprint density at radius 2 is 1.70 bits per heavy atom. The Labute approximate surface area is 178 Å². The molecule has 3 rings (SSSR count). The van der Waals surface area contributed by atoms with Crippen molar-refractivity contribution in [2.75, 3.05) is 45.2 Å². The average molecular weight is 410 g/mol. The lowest BCUT2D eigenvalue weighted by atomic mass is 10.2. The van der Waals surface area contributed by atoms with Crippen molar-refractivity contribution in [3.63, 3.8) is 0 Å². The number of benzene rings is 2. The lowest BCUT2D eigenvalue weighted by Crippen LogP contribution is -2.38. The van der Waals surface area contributed by atoms with E-state index in [-0.39, 0.29) is 5.91 Å². The summed E-state index contributed by atoms with van der Waals surface area (Å²) in [5.74, 6) is 0.769. The Kier molecular flexibility index (Phi) is 8.68. The number of carbonyl (C=O) groups is 1. The fourth-order valence-electron chi connectivity index (χ4n) is 3.26. The molecule has 1 fully saturated rings. The number of guanidine groups is 1. The summed E-state index contributed by atoms with van der Waals surface area (Å²) in [6.07, 6.45) is 0.485. The van der Waals surface area contributed by atoms with Crippen molar-refractivity contribution >= 4 is 17.6 Å². The molecule has 1 heterocycles. The number of aliphatic imine (C=N–C) groups is 1. The van der Waals surface area contributed by atoms with E-state index in [2.05, 4.69) is 38.0 Å². The molecule has 0 aliphatic carbocycles. The Hall–Kier alpha value is -2.90. The Morgan fingerprint density at radius 3 is 2.43 bits per heavy atom. The van der Waals surface area contributed by atoms with E-state index in [1.807, 2.05) is 42.5 Å². The van der Waals surface area contributed by atoms with Gasteiger partial charge in [-0.15, -0.1) is 0 Å². The Bertz CT molecular complexity index is 819. The van der Waals surface area contributed by atoms with Gasteiger partial charge in [0.15, 0.2) is 5.96 Å². The van der Waals surface area contributed by atoms with Crippen LogP contribution in [0.1, 0.15) is 17.5 Å². The molecule has 1 saturated heterocycles. The van der Waals surface area contributed by atoms with E-state index in [9.17, 15) is 4.79 Å². The fourth-order valence-corrected chi connectivity index (χ4v) is 3.26. The second-order valence-corrected chi connectivity index (χ2v) is 7.22. The molecule has 30 heavy (non-hydrogen) atoms. The highest BCUT2D eigenvalue weighted by Gasteiger charge is 2.12. The maximum atomic E-state index is 12.3. The van der Waals surface area contributed by atoms with Crippen molar-refractivity contribution in [1.82, 2.24) is 15.5 Å². The van der Waals surface area contributed by atoms with E-state index < -0.39 is 0 Å². The minimum Gasteiger partial charge on any atom is -0.379 e. The van der Waals surface area contributed by atoms with Crippen molar-refractivity contribution in [2.24, 2.45) is 4.99 Å². The van der Waals surface area contributed by atoms with Crippen LogP contribution in [0.5, 0.6) is 0 Å². The molecule has 0 unspecified atom stereocenters. The first kappa shape index (κ1) is 21.8. The Balaban J connectivity index is 1.43. The molecule has 160 valence electrons. The van der Waals surface area contributed by atoms with Gasteiger partial charge in [0.25, 0.3) is 0 Å². The van der Waals surface area contributed by atoms with E-state index in [4.69, 9.17) is 4.74 Å². The van der Waals surface area contributed by atoms with Gasteiger partial charge in [-0.1, -0.05) is 42.5 Å². The number of rotatable bonds is 8. The van der Waals surface area contributed by atoms with Crippen LogP contribution in [0.2, 0.25) is 0 Å².